The molecule has 2 N–H and O–H groups in total. The van der Waals surface area contributed by atoms with Crippen LogP contribution in [0.15, 0.2) is 27.7 Å². The van der Waals surface area contributed by atoms with Gasteiger partial charge in [-0.2, -0.15) is 0 Å². The van der Waals surface area contributed by atoms with E-state index in [2.05, 4.69) is 9.88 Å². The van der Waals surface area contributed by atoms with E-state index in [0.29, 0.717) is 18.7 Å². The fraction of sp³-hybridized carbons (Fsp3) is 0.333. The van der Waals surface area contributed by atoms with Crippen LogP contribution in [0.4, 0.5) is 5.88 Å². The van der Waals surface area contributed by atoms with Gasteiger partial charge in [-0.3, -0.25) is 0 Å². The van der Waals surface area contributed by atoms with Crippen LogP contribution >= 0.6 is 0 Å². The third kappa shape index (κ3) is 3.24. The fourth-order valence-corrected chi connectivity index (χ4v) is 2.85. The molecule has 0 spiro atoms. The number of carboxylic acid groups (broad SMARTS) is 1. The Hall–Kier alpha value is -2.29. The smallest absolute Gasteiger partial charge is 0.352 e. The van der Waals surface area contributed by atoms with Crippen molar-refractivity contribution >= 4 is 21.9 Å². The summed E-state index contributed by atoms with van der Waals surface area (Å²) in [5, 5.41) is 12.7. The van der Waals surface area contributed by atoms with E-state index in [1.807, 2.05) is 6.92 Å². The van der Waals surface area contributed by atoms with Crippen molar-refractivity contribution in [2.75, 3.05) is 4.72 Å². The minimum Gasteiger partial charge on any atom is -0.477 e. The summed E-state index contributed by atoms with van der Waals surface area (Å²) >= 11 is 0. The summed E-state index contributed by atoms with van der Waals surface area (Å²) in [6.45, 7) is 3.94. The number of nitrogens with zero attached hydrogens (tertiary/aromatic N) is 2. The molecule has 0 bridgehead atoms. The van der Waals surface area contributed by atoms with Crippen LogP contribution in [0, 0.1) is 6.92 Å². The predicted molar refractivity (Wildman–Crippen MR) is 73.7 cm³/mol. The van der Waals surface area contributed by atoms with Crippen LogP contribution in [0.1, 0.15) is 29.5 Å². The minimum absolute atomic E-state index is 0.0207. The van der Waals surface area contributed by atoms with E-state index in [4.69, 9.17) is 9.63 Å². The molecular formula is C12H15N3O5S. The SMILES string of the molecule is CCCn1cc(S(=O)(=O)Nc2cc(C)no2)cc1C(=O)O. The molecule has 2 aromatic rings. The Bertz CT molecular complexity index is 760. The fourth-order valence-electron chi connectivity index (χ4n) is 1.84. The molecule has 2 heterocycles. The van der Waals surface area contributed by atoms with Crippen molar-refractivity contribution in [3.05, 3.63) is 29.7 Å². The molecule has 2 rings (SSSR count). The van der Waals surface area contributed by atoms with Crippen molar-refractivity contribution in [1.82, 2.24) is 9.72 Å². The van der Waals surface area contributed by atoms with Gasteiger partial charge >= 0.3 is 5.97 Å². The standard InChI is InChI=1S/C12H15N3O5S/c1-3-4-15-7-9(6-10(15)12(16)17)21(18,19)14-11-5-8(2)13-20-11/h5-7,14H,3-4H2,1-2H3,(H,16,17). The molecule has 0 fully saturated rings. The Morgan fingerprint density at radius 1 is 1.48 bits per heavy atom. The number of hydrogen-bond acceptors (Lipinski definition) is 5. The number of aryl methyl sites for hydroxylation is 2. The van der Waals surface area contributed by atoms with E-state index >= 15 is 0 Å². The van der Waals surface area contributed by atoms with Gasteiger partial charge in [-0.05, 0) is 19.4 Å². The number of aromatic carboxylic acids is 1. The monoisotopic (exact) mass is 313 g/mol. The van der Waals surface area contributed by atoms with Crippen molar-refractivity contribution in [3.63, 3.8) is 0 Å². The van der Waals surface area contributed by atoms with Crippen LogP contribution in [0.25, 0.3) is 0 Å². The van der Waals surface area contributed by atoms with Gasteiger partial charge in [-0.1, -0.05) is 12.1 Å². The van der Waals surface area contributed by atoms with E-state index < -0.39 is 16.0 Å². The van der Waals surface area contributed by atoms with Gasteiger partial charge in [0, 0.05) is 18.8 Å². The van der Waals surface area contributed by atoms with Crippen molar-refractivity contribution < 1.29 is 22.8 Å². The highest BCUT2D eigenvalue weighted by atomic mass is 32.2. The van der Waals surface area contributed by atoms with Crippen molar-refractivity contribution in [1.29, 1.82) is 0 Å². The lowest BCUT2D eigenvalue weighted by Gasteiger charge is -2.03. The molecule has 0 atom stereocenters. The van der Waals surface area contributed by atoms with Crippen LogP contribution < -0.4 is 4.72 Å². The van der Waals surface area contributed by atoms with E-state index in [0.717, 1.165) is 6.07 Å². The molecule has 21 heavy (non-hydrogen) atoms. The molecule has 0 unspecified atom stereocenters. The highest BCUT2D eigenvalue weighted by Gasteiger charge is 2.22. The van der Waals surface area contributed by atoms with Crippen LogP contribution in [0.2, 0.25) is 0 Å². The average Bonchev–Trinajstić information content (AvgIpc) is 2.96. The van der Waals surface area contributed by atoms with E-state index in [1.165, 1.54) is 16.8 Å². The molecule has 9 heteroatoms. The maximum atomic E-state index is 12.2. The van der Waals surface area contributed by atoms with Crippen LogP contribution in [-0.4, -0.2) is 29.2 Å². The third-order valence-corrected chi connectivity index (χ3v) is 4.04. The average molecular weight is 313 g/mol. The summed E-state index contributed by atoms with van der Waals surface area (Å²) in [6, 6.07) is 2.54. The summed E-state index contributed by atoms with van der Waals surface area (Å²) in [7, 11) is -3.92. The van der Waals surface area contributed by atoms with Crippen LogP contribution in [0.5, 0.6) is 0 Å². The number of hydrogen-bond donors (Lipinski definition) is 2. The lowest BCUT2D eigenvalue weighted by molar-refractivity contribution is 0.0685. The molecule has 0 saturated carbocycles. The Morgan fingerprint density at radius 2 is 2.19 bits per heavy atom. The van der Waals surface area contributed by atoms with E-state index in [-0.39, 0.29) is 16.5 Å². The number of nitrogens with one attached hydrogen (secondary N) is 1. The molecule has 0 aliphatic carbocycles. The Balaban J connectivity index is 2.35. The second-order valence-electron chi connectivity index (χ2n) is 4.50. The maximum Gasteiger partial charge on any atom is 0.352 e. The second kappa shape index (κ2) is 5.60. The highest BCUT2D eigenvalue weighted by molar-refractivity contribution is 7.92. The normalized spacial score (nSPS) is 11.5. The lowest BCUT2D eigenvalue weighted by atomic mass is 10.4. The topological polar surface area (TPSA) is 114 Å². The molecule has 0 saturated heterocycles. The molecule has 2 aromatic heterocycles. The first kappa shape index (κ1) is 15.1. The first-order valence-electron chi connectivity index (χ1n) is 6.23. The van der Waals surface area contributed by atoms with Gasteiger partial charge in [-0.25, -0.2) is 17.9 Å². The molecule has 0 radical (unpaired) electrons. The summed E-state index contributed by atoms with van der Waals surface area (Å²) in [5.41, 5.74) is 0.452. The number of aromatic nitrogens is 2. The Morgan fingerprint density at radius 3 is 2.71 bits per heavy atom. The highest BCUT2D eigenvalue weighted by Crippen LogP contribution is 2.19. The summed E-state index contributed by atoms with van der Waals surface area (Å²) in [4.78, 5) is 11.0. The number of carbonyl (C=O) groups is 1. The molecule has 0 aliphatic heterocycles. The molecule has 114 valence electrons. The van der Waals surface area contributed by atoms with Gasteiger partial charge in [0.15, 0.2) is 0 Å². The van der Waals surface area contributed by atoms with Crippen molar-refractivity contribution in [2.45, 2.75) is 31.7 Å². The van der Waals surface area contributed by atoms with E-state index in [1.54, 1.807) is 6.92 Å². The molecule has 0 aliphatic rings. The van der Waals surface area contributed by atoms with Gasteiger partial charge in [0.25, 0.3) is 10.0 Å². The van der Waals surface area contributed by atoms with E-state index in [9.17, 15) is 13.2 Å². The van der Waals surface area contributed by atoms with Crippen LogP contribution in [-0.2, 0) is 16.6 Å². The Kier molecular flexibility index (Phi) is 4.03. The predicted octanol–water partition coefficient (Wildman–Crippen LogP) is 1.69. The quantitative estimate of drug-likeness (QED) is 0.838. The van der Waals surface area contributed by atoms with Crippen molar-refractivity contribution in [3.8, 4) is 0 Å². The number of carboxylic acids is 1. The minimum atomic E-state index is -3.92. The lowest BCUT2D eigenvalue weighted by Crippen LogP contribution is -2.11. The molecule has 8 nitrogen and oxygen atoms in total. The maximum absolute atomic E-state index is 12.2. The number of rotatable bonds is 6. The van der Waals surface area contributed by atoms with Gasteiger partial charge in [-0.15, -0.1) is 0 Å². The molecular weight excluding hydrogens is 298 g/mol. The first-order valence-corrected chi connectivity index (χ1v) is 7.71. The summed E-state index contributed by atoms with van der Waals surface area (Å²) in [6.07, 6.45) is 1.97. The Labute approximate surface area is 121 Å². The second-order valence-corrected chi connectivity index (χ2v) is 6.18. The van der Waals surface area contributed by atoms with Gasteiger partial charge in [0.1, 0.15) is 10.6 Å². The number of sulfonamides is 1. The first-order chi connectivity index (χ1) is 9.83. The zero-order valence-corrected chi connectivity index (χ0v) is 12.3. The van der Waals surface area contributed by atoms with Gasteiger partial charge < -0.3 is 14.2 Å². The largest absolute Gasteiger partial charge is 0.477 e. The summed E-state index contributed by atoms with van der Waals surface area (Å²) in [5.74, 6) is -1.20. The summed E-state index contributed by atoms with van der Waals surface area (Å²) < 4.78 is 32.8. The van der Waals surface area contributed by atoms with Gasteiger partial charge in [0.2, 0.25) is 5.88 Å². The molecule has 0 aromatic carbocycles. The van der Waals surface area contributed by atoms with Crippen LogP contribution in [0.3, 0.4) is 0 Å². The van der Waals surface area contributed by atoms with Gasteiger partial charge in [0.05, 0.1) is 5.69 Å². The molecule has 0 amide bonds. The third-order valence-electron chi connectivity index (χ3n) is 2.73. The number of anilines is 1. The zero-order chi connectivity index (χ0) is 15.6. The van der Waals surface area contributed by atoms with Crippen molar-refractivity contribution in [2.24, 2.45) is 0 Å². The zero-order valence-electron chi connectivity index (χ0n) is 11.5.